The van der Waals surface area contributed by atoms with Crippen molar-refractivity contribution in [2.45, 2.75) is 32.9 Å². The molecule has 0 spiro atoms. The van der Waals surface area contributed by atoms with E-state index in [1.807, 2.05) is 68.4 Å². The predicted octanol–water partition coefficient (Wildman–Crippen LogP) is 5.57. The quantitative estimate of drug-likeness (QED) is 0.364. The minimum Gasteiger partial charge on any atom is -0.483 e. The van der Waals surface area contributed by atoms with Crippen LogP contribution in [-0.4, -0.2) is 35.9 Å². The van der Waals surface area contributed by atoms with Gasteiger partial charge in [0.25, 0.3) is 5.91 Å². The van der Waals surface area contributed by atoms with Crippen LogP contribution in [0.3, 0.4) is 0 Å². The summed E-state index contributed by atoms with van der Waals surface area (Å²) in [5.74, 6) is 0.0291. The summed E-state index contributed by atoms with van der Waals surface area (Å²) in [5.41, 5.74) is 3.01. The number of amides is 2. The molecule has 178 valence electrons. The van der Waals surface area contributed by atoms with Gasteiger partial charge in [-0.1, -0.05) is 71.8 Å². The van der Waals surface area contributed by atoms with Gasteiger partial charge in [0.05, 0.1) is 4.47 Å². The highest BCUT2D eigenvalue weighted by Crippen LogP contribution is 2.28. The van der Waals surface area contributed by atoms with Crippen molar-refractivity contribution in [1.82, 2.24) is 10.2 Å². The van der Waals surface area contributed by atoms with Crippen LogP contribution in [0.4, 0.5) is 0 Å². The molecule has 0 aromatic heterocycles. The molecule has 1 N–H and O–H groups in total. The number of hydrogen-bond donors (Lipinski definition) is 1. The lowest BCUT2D eigenvalue weighted by Gasteiger charge is -2.31. The number of likely N-dealkylation sites (N-methyl/N-ethyl adjacent to an activating group) is 1. The van der Waals surface area contributed by atoms with Crippen molar-refractivity contribution in [1.29, 1.82) is 0 Å². The standard InChI is InChI=1S/C27H28BrClN2O3/c1-3-30-27(33)24(15-20-9-5-4-6-10-20)31(17-21-11-7-8-19(2)14-21)26(32)18-34-25-13-12-22(29)16-23(25)28/h4-14,16,24H,3,15,17-18H2,1-2H3,(H,30,33)/t24-/m0/s1. The van der Waals surface area contributed by atoms with Crippen LogP contribution < -0.4 is 10.1 Å². The molecule has 34 heavy (non-hydrogen) atoms. The van der Waals surface area contributed by atoms with Gasteiger partial charge in [0, 0.05) is 24.5 Å². The molecule has 0 unspecified atom stereocenters. The van der Waals surface area contributed by atoms with E-state index in [2.05, 4.69) is 21.2 Å². The third-order valence-electron chi connectivity index (χ3n) is 5.30. The summed E-state index contributed by atoms with van der Waals surface area (Å²) in [6.07, 6.45) is 0.398. The molecule has 0 aliphatic heterocycles. The second-order valence-corrected chi connectivity index (χ2v) is 9.26. The van der Waals surface area contributed by atoms with Crippen molar-refractivity contribution in [3.63, 3.8) is 0 Å². The van der Waals surface area contributed by atoms with E-state index < -0.39 is 6.04 Å². The van der Waals surface area contributed by atoms with Crippen LogP contribution in [-0.2, 0) is 22.6 Å². The summed E-state index contributed by atoms with van der Waals surface area (Å²) in [6, 6.07) is 22.1. The third kappa shape index (κ3) is 7.34. The molecule has 7 heteroatoms. The summed E-state index contributed by atoms with van der Waals surface area (Å²) < 4.78 is 6.46. The van der Waals surface area contributed by atoms with Gasteiger partial charge in [0.2, 0.25) is 5.91 Å². The number of hydrogen-bond acceptors (Lipinski definition) is 3. The summed E-state index contributed by atoms with van der Waals surface area (Å²) in [6.45, 7) is 4.43. The maximum absolute atomic E-state index is 13.5. The summed E-state index contributed by atoms with van der Waals surface area (Å²) in [4.78, 5) is 28.3. The zero-order chi connectivity index (χ0) is 24.5. The molecule has 0 saturated carbocycles. The lowest BCUT2D eigenvalue weighted by atomic mass is 10.0. The number of nitrogens with zero attached hydrogens (tertiary/aromatic N) is 1. The number of halogens is 2. The van der Waals surface area contributed by atoms with Gasteiger partial charge < -0.3 is 15.0 Å². The lowest BCUT2D eigenvalue weighted by molar-refractivity contribution is -0.142. The molecule has 0 bridgehead atoms. The minimum absolute atomic E-state index is 0.194. The highest BCUT2D eigenvalue weighted by Gasteiger charge is 2.30. The predicted molar refractivity (Wildman–Crippen MR) is 139 cm³/mol. The van der Waals surface area contributed by atoms with E-state index >= 15 is 0 Å². The molecular weight excluding hydrogens is 516 g/mol. The summed E-state index contributed by atoms with van der Waals surface area (Å²) in [5, 5.41) is 3.45. The van der Waals surface area contributed by atoms with Gasteiger partial charge >= 0.3 is 0 Å². The number of benzene rings is 3. The summed E-state index contributed by atoms with van der Waals surface area (Å²) >= 11 is 9.43. The fourth-order valence-corrected chi connectivity index (χ4v) is 4.47. The first-order valence-electron chi connectivity index (χ1n) is 11.1. The number of carbonyl (C=O) groups is 2. The Morgan fingerprint density at radius 3 is 2.44 bits per heavy atom. The molecule has 0 aliphatic carbocycles. The molecule has 0 aliphatic rings. The van der Waals surface area contributed by atoms with Crippen LogP contribution in [0.1, 0.15) is 23.6 Å². The zero-order valence-corrected chi connectivity index (χ0v) is 21.6. The highest BCUT2D eigenvalue weighted by molar-refractivity contribution is 9.10. The number of aryl methyl sites for hydroxylation is 1. The van der Waals surface area contributed by atoms with Crippen LogP contribution in [0.2, 0.25) is 5.02 Å². The Balaban J connectivity index is 1.90. The molecular formula is C27H28BrClN2O3. The number of ether oxygens (including phenoxy) is 1. The van der Waals surface area contributed by atoms with Gasteiger partial charge in [-0.05, 0) is 59.1 Å². The Morgan fingerprint density at radius 1 is 1.03 bits per heavy atom. The fraction of sp³-hybridized carbons (Fsp3) is 0.259. The van der Waals surface area contributed by atoms with Crippen molar-refractivity contribution in [3.8, 4) is 5.75 Å². The largest absolute Gasteiger partial charge is 0.483 e. The maximum Gasteiger partial charge on any atom is 0.261 e. The van der Waals surface area contributed by atoms with E-state index in [-0.39, 0.29) is 18.4 Å². The van der Waals surface area contributed by atoms with E-state index in [4.69, 9.17) is 16.3 Å². The van der Waals surface area contributed by atoms with Crippen molar-refractivity contribution < 1.29 is 14.3 Å². The monoisotopic (exact) mass is 542 g/mol. The Kier molecular flexibility index (Phi) is 9.54. The molecule has 5 nitrogen and oxygen atoms in total. The summed E-state index contributed by atoms with van der Waals surface area (Å²) in [7, 11) is 0. The van der Waals surface area contributed by atoms with E-state index in [0.717, 1.165) is 16.7 Å². The first-order chi connectivity index (χ1) is 16.4. The number of nitrogens with one attached hydrogen (secondary N) is 1. The molecule has 3 aromatic carbocycles. The molecule has 0 radical (unpaired) electrons. The average molecular weight is 544 g/mol. The van der Waals surface area contributed by atoms with Gasteiger partial charge in [0.15, 0.2) is 6.61 Å². The van der Waals surface area contributed by atoms with E-state index in [1.54, 1.807) is 23.1 Å². The van der Waals surface area contributed by atoms with Crippen LogP contribution in [0.5, 0.6) is 5.75 Å². The lowest BCUT2D eigenvalue weighted by Crippen LogP contribution is -2.51. The van der Waals surface area contributed by atoms with Crippen molar-refractivity contribution in [2.75, 3.05) is 13.2 Å². The molecule has 2 amide bonds. The van der Waals surface area contributed by atoms with Gasteiger partial charge in [0.1, 0.15) is 11.8 Å². The Bertz CT molecular complexity index is 1120. The number of rotatable bonds is 10. The second-order valence-electron chi connectivity index (χ2n) is 7.97. The minimum atomic E-state index is -0.687. The Labute approximate surface area is 214 Å². The van der Waals surface area contributed by atoms with Crippen molar-refractivity contribution >= 4 is 39.3 Å². The molecule has 0 fully saturated rings. The SMILES string of the molecule is CCNC(=O)[C@H](Cc1ccccc1)N(Cc1cccc(C)c1)C(=O)COc1ccc(Cl)cc1Br. The third-order valence-corrected chi connectivity index (χ3v) is 6.16. The average Bonchev–Trinajstić information content (AvgIpc) is 2.81. The van der Waals surface area contributed by atoms with Gasteiger partial charge in [-0.25, -0.2) is 0 Å². The first-order valence-corrected chi connectivity index (χ1v) is 12.3. The molecule has 1 atom stereocenters. The van der Waals surface area contributed by atoms with Crippen LogP contribution in [0.15, 0.2) is 77.3 Å². The highest BCUT2D eigenvalue weighted by atomic mass is 79.9. The van der Waals surface area contributed by atoms with E-state index in [1.165, 1.54) is 0 Å². The van der Waals surface area contributed by atoms with Crippen molar-refractivity contribution in [2.24, 2.45) is 0 Å². The van der Waals surface area contributed by atoms with Crippen LogP contribution in [0, 0.1) is 6.92 Å². The van der Waals surface area contributed by atoms with Gasteiger partial charge in [-0.2, -0.15) is 0 Å². The van der Waals surface area contributed by atoms with E-state index in [0.29, 0.717) is 34.8 Å². The van der Waals surface area contributed by atoms with E-state index in [9.17, 15) is 9.59 Å². The van der Waals surface area contributed by atoms with Crippen LogP contribution >= 0.6 is 27.5 Å². The molecule has 3 rings (SSSR count). The van der Waals surface area contributed by atoms with Gasteiger partial charge in [-0.3, -0.25) is 9.59 Å². The maximum atomic E-state index is 13.5. The molecule has 0 saturated heterocycles. The molecule has 0 heterocycles. The number of carbonyl (C=O) groups excluding carboxylic acids is 2. The Hall–Kier alpha value is -2.83. The normalized spacial score (nSPS) is 11.5. The topological polar surface area (TPSA) is 58.6 Å². The van der Waals surface area contributed by atoms with Gasteiger partial charge in [-0.15, -0.1) is 0 Å². The fourth-order valence-electron chi connectivity index (χ4n) is 3.67. The zero-order valence-electron chi connectivity index (χ0n) is 19.3. The second kappa shape index (κ2) is 12.6. The smallest absolute Gasteiger partial charge is 0.261 e. The van der Waals surface area contributed by atoms with Crippen molar-refractivity contribution in [3.05, 3.63) is 99.0 Å². The first kappa shape index (κ1) is 25.8. The molecule has 3 aromatic rings. The van der Waals surface area contributed by atoms with Crippen LogP contribution in [0.25, 0.3) is 0 Å². The Morgan fingerprint density at radius 2 is 1.76 bits per heavy atom.